The molecule has 4 aromatic rings. The van der Waals surface area contributed by atoms with Gasteiger partial charge in [-0.05, 0) is 73.1 Å². The molecule has 38 heavy (non-hydrogen) atoms. The summed E-state index contributed by atoms with van der Waals surface area (Å²) in [7, 11) is 0. The van der Waals surface area contributed by atoms with Gasteiger partial charge in [-0.25, -0.2) is 9.07 Å². The number of likely N-dealkylation sites (tertiary alicyclic amines) is 1. The van der Waals surface area contributed by atoms with Gasteiger partial charge in [-0.1, -0.05) is 22.9 Å². The van der Waals surface area contributed by atoms with E-state index in [4.69, 9.17) is 11.6 Å². The van der Waals surface area contributed by atoms with E-state index in [0.29, 0.717) is 29.4 Å². The molecular weight excluding hydrogens is 575 g/mol. The van der Waals surface area contributed by atoms with E-state index in [9.17, 15) is 9.59 Å². The molecule has 1 aliphatic rings. The molecule has 1 fully saturated rings. The Labute approximate surface area is 233 Å². The lowest BCUT2D eigenvalue weighted by Crippen LogP contribution is -2.59. The fraction of sp³-hybridized carbons (Fsp3) is 0.333. The molecule has 0 N–H and O–H groups in total. The van der Waals surface area contributed by atoms with Crippen molar-refractivity contribution in [2.75, 3.05) is 26.2 Å². The van der Waals surface area contributed by atoms with Crippen LogP contribution in [-0.4, -0.2) is 67.4 Å². The molecule has 2 amide bonds. The summed E-state index contributed by atoms with van der Waals surface area (Å²) in [4.78, 5) is 29.6. The van der Waals surface area contributed by atoms with Gasteiger partial charge in [0, 0.05) is 40.2 Å². The third kappa shape index (κ3) is 4.49. The highest BCUT2D eigenvalue weighted by molar-refractivity contribution is 9.10. The second-order valence-electron chi connectivity index (χ2n) is 9.42. The van der Waals surface area contributed by atoms with E-state index in [2.05, 4.69) is 26.2 Å². The lowest BCUT2D eigenvalue weighted by molar-refractivity contribution is -0.133. The molecule has 1 unspecified atom stereocenters. The van der Waals surface area contributed by atoms with E-state index in [0.717, 1.165) is 15.4 Å². The van der Waals surface area contributed by atoms with Crippen LogP contribution in [0.2, 0.25) is 5.02 Å². The highest BCUT2D eigenvalue weighted by Gasteiger charge is 2.49. The van der Waals surface area contributed by atoms with Crippen LogP contribution < -0.4 is 0 Å². The molecule has 0 saturated carbocycles. The fourth-order valence-corrected chi connectivity index (χ4v) is 5.31. The van der Waals surface area contributed by atoms with Crippen LogP contribution in [0.4, 0.5) is 4.39 Å². The van der Waals surface area contributed by atoms with Crippen LogP contribution in [0.3, 0.4) is 0 Å². The number of likely N-dealkylation sites (N-methyl/N-ethyl adjacent to an activating group) is 1. The molecule has 0 spiro atoms. The number of amides is 2. The molecule has 5 rings (SSSR count). The normalized spacial score (nSPS) is 15.4. The summed E-state index contributed by atoms with van der Waals surface area (Å²) >= 11 is 9.51. The maximum Gasteiger partial charge on any atom is 0.254 e. The van der Waals surface area contributed by atoms with E-state index < -0.39 is 11.7 Å². The molecule has 8 nitrogen and oxygen atoms in total. The third-order valence-corrected chi connectivity index (χ3v) is 8.37. The molecule has 0 radical (unpaired) electrons. The van der Waals surface area contributed by atoms with Gasteiger partial charge in [0.1, 0.15) is 11.7 Å². The standard InChI is InChI=1S/C27H27BrClFN6O2/c1-4-33(5-2)25(37)17(3)35-12-11-19-20(7-6-8-23(19)35)26(38)34-15-27(30,16-34)24-14-36(32-31-24)18-9-10-21(28)22(29)13-18/h6-14,17H,4-5,15-16H2,1-3H3. The van der Waals surface area contributed by atoms with Gasteiger partial charge in [0.25, 0.3) is 5.91 Å². The number of carbonyl (C=O) groups excluding carboxylic acids is 2. The molecule has 0 bridgehead atoms. The average molecular weight is 602 g/mol. The summed E-state index contributed by atoms with van der Waals surface area (Å²) in [5.41, 5.74) is 0.273. The van der Waals surface area contributed by atoms with Crippen molar-refractivity contribution in [1.82, 2.24) is 29.4 Å². The van der Waals surface area contributed by atoms with Crippen molar-refractivity contribution >= 4 is 50.2 Å². The maximum absolute atomic E-state index is 15.7. The first kappa shape index (κ1) is 26.4. The predicted octanol–water partition coefficient (Wildman–Crippen LogP) is 5.39. The number of alkyl halides is 1. The topological polar surface area (TPSA) is 76.3 Å². The Hall–Kier alpha value is -3.24. The van der Waals surface area contributed by atoms with Crippen molar-refractivity contribution in [3.8, 4) is 5.69 Å². The number of fused-ring (bicyclic) bond motifs is 1. The molecule has 1 saturated heterocycles. The van der Waals surface area contributed by atoms with Crippen molar-refractivity contribution in [3.05, 3.63) is 75.6 Å². The molecular formula is C27H27BrClFN6O2. The van der Waals surface area contributed by atoms with Crippen LogP contribution in [0, 0.1) is 0 Å². The summed E-state index contributed by atoms with van der Waals surface area (Å²) in [6, 6.07) is 12.1. The van der Waals surface area contributed by atoms with Crippen molar-refractivity contribution in [2.24, 2.45) is 0 Å². The van der Waals surface area contributed by atoms with Gasteiger partial charge in [-0.15, -0.1) is 5.10 Å². The number of hydrogen-bond donors (Lipinski definition) is 0. The second-order valence-corrected chi connectivity index (χ2v) is 10.7. The average Bonchev–Trinajstić information content (AvgIpc) is 3.56. The van der Waals surface area contributed by atoms with Crippen LogP contribution in [0.15, 0.2) is 59.3 Å². The quantitative estimate of drug-likeness (QED) is 0.285. The number of halogens is 3. The number of benzene rings is 2. The van der Waals surface area contributed by atoms with Gasteiger partial charge in [0.15, 0.2) is 5.67 Å². The Morgan fingerprint density at radius 3 is 2.61 bits per heavy atom. The second kappa shape index (κ2) is 10.1. The molecule has 2 aromatic heterocycles. The van der Waals surface area contributed by atoms with Crippen molar-refractivity contribution in [2.45, 2.75) is 32.5 Å². The molecule has 1 aliphatic heterocycles. The Morgan fingerprint density at radius 2 is 1.92 bits per heavy atom. The first-order valence-corrected chi connectivity index (χ1v) is 13.6. The van der Waals surface area contributed by atoms with Gasteiger partial charge < -0.3 is 14.4 Å². The minimum Gasteiger partial charge on any atom is -0.341 e. The molecule has 198 valence electrons. The van der Waals surface area contributed by atoms with Crippen LogP contribution in [0.25, 0.3) is 16.6 Å². The zero-order chi connectivity index (χ0) is 27.2. The van der Waals surface area contributed by atoms with Crippen LogP contribution >= 0.6 is 27.5 Å². The highest BCUT2D eigenvalue weighted by Crippen LogP contribution is 2.37. The number of nitrogens with zero attached hydrogens (tertiary/aromatic N) is 6. The zero-order valence-electron chi connectivity index (χ0n) is 21.2. The largest absolute Gasteiger partial charge is 0.341 e. The third-order valence-electron chi connectivity index (χ3n) is 7.13. The minimum atomic E-state index is -1.79. The Morgan fingerprint density at radius 1 is 1.18 bits per heavy atom. The van der Waals surface area contributed by atoms with Gasteiger partial charge >= 0.3 is 0 Å². The van der Waals surface area contributed by atoms with Crippen LogP contribution in [0.5, 0.6) is 0 Å². The summed E-state index contributed by atoms with van der Waals surface area (Å²) in [5, 5.41) is 9.31. The van der Waals surface area contributed by atoms with Gasteiger partial charge in [-0.3, -0.25) is 9.59 Å². The minimum absolute atomic E-state index is 0.0210. The number of aromatic nitrogens is 4. The van der Waals surface area contributed by atoms with Crippen LogP contribution in [-0.2, 0) is 10.5 Å². The number of carbonyl (C=O) groups is 2. The SMILES string of the molecule is CCN(CC)C(=O)C(C)n1ccc2c(C(=O)N3CC(F)(c4cn(-c5ccc(Br)c(Cl)c5)nn4)C3)cccc21. The van der Waals surface area contributed by atoms with E-state index in [1.165, 1.54) is 15.8 Å². The van der Waals surface area contributed by atoms with Crippen molar-refractivity contribution < 1.29 is 14.0 Å². The summed E-state index contributed by atoms with van der Waals surface area (Å²) < 4.78 is 19.8. The molecule has 2 aromatic carbocycles. The summed E-state index contributed by atoms with van der Waals surface area (Å²) in [5.74, 6) is -0.246. The Balaban J connectivity index is 1.33. The van der Waals surface area contributed by atoms with E-state index in [1.54, 1.807) is 35.2 Å². The molecule has 3 heterocycles. The van der Waals surface area contributed by atoms with Crippen molar-refractivity contribution in [1.29, 1.82) is 0 Å². The van der Waals surface area contributed by atoms with Gasteiger partial charge in [-0.2, -0.15) is 0 Å². The van der Waals surface area contributed by atoms with Gasteiger partial charge in [0.05, 0.1) is 30.0 Å². The molecule has 11 heteroatoms. The highest BCUT2D eigenvalue weighted by atomic mass is 79.9. The lowest BCUT2D eigenvalue weighted by Gasteiger charge is -2.43. The summed E-state index contributed by atoms with van der Waals surface area (Å²) in [6.07, 6.45) is 3.35. The zero-order valence-corrected chi connectivity index (χ0v) is 23.6. The smallest absolute Gasteiger partial charge is 0.254 e. The Kier molecular flexibility index (Phi) is 7.04. The van der Waals surface area contributed by atoms with E-state index in [-0.39, 0.29) is 30.6 Å². The first-order valence-electron chi connectivity index (χ1n) is 12.4. The fourth-order valence-electron chi connectivity index (χ4n) is 4.89. The molecule has 0 aliphatic carbocycles. The molecule has 1 atom stereocenters. The van der Waals surface area contributed by atoms with E-state index >= 15 is 4.39 Å². The Bertz CT molecular complexity index is 1530. The maximum atomic E-state index is 15.7. The first-order chi connectivity index (χ1) is 18.2. The number of hydrogen-bond acceptors (Lipinski definition) is 4. The summed E-state index contributed by atoms with van der Waals surface area (Å²) in [6.45, 7) is 6.78. The van der Waals surface area contributed by atoms with Crippen LogP contribution in [0.1, 0.15) is 42.9 Å². The van der Waals surface area contributed by atoms with Crippen molar-refractivity contribution in [3.63, 3.8) is 0 Å². The van der Waals surface area contributed by atoms with Gasteiger partial charge in [0.2, 0.25) is 5.91 Å². The predicted molar refractivity (Wildman–Crippen MR) is 147 cm³/mol. The monoisotopic (exact) mass is 600 g/mol. The lowest BCUT2D eigenvalue weighted by atomic mass is 9.92. The number of rotatable bonds is 7. The van der Waals surface area contributed by atoms with E-state index in [1.807, 2.05) is 43.7 Å².